The van der Waals surface area contributed by atoms with E-state index in [1.165, 1.54) is 13.0 Å². The van der Waals surface area contributed by atoms with Crippen molar-refractivity contribution in [2.75, 3.05) is 26.7 Å². The van der Waals surface area contributed by atoms with E-state index in [9.17, 15) is 4.79 Å². The van der Waals surface area contributed by atoms with Gasteiger partial charge in [0.05, 0.1) is 12.2 Å². The monoisotopic (exact) mass is 253 g/mol. The zero-order valence-corrected chi connectivity index (χ0v) is 12.0. The van der Waals surface area contributed by atoms with E-state index in [2.05, 4.69) is 36.0 Å². The summed E-state index contributed by atoms with van der Waals surface area (Å²) >= 11 is 0. The lowest BCUT2D eigenvalue weighted by atomic mass is 10.1. The van der Waals surface area contributed by atoms with Crippen molar-refractivity contribution in [3.63, 3.8) is 0 Å². The largest absolute Gasteiger partial charge is 0.325 e. The predicted molar refractivity (Wildman–Crippen MR) is 73.2 cm³/mol. The Bertz CT molecular complexity index is 295. The van der Waals surface area contributed by atoms with Crippen LogP contribution < -0.4 is 5.32 Å². The second-order valence-electron chi connectivity index (χ2n) is 5.84. The van der Waals surface area contributed by atoms with Gasteiger partial charge < -0.3 is 9.80 Å². The SMILES string of the molecule is CCCC1NC(CC)N(CC2CCN(C)C2)C1=O. The number of rotatable bonds is 5. The lowest BCUT2D eigenvalue weighted by Crippen LogP contribution is -2.40. The van der Waals surface area contributed by atoms with Gasteiger partial charge in [0.2, 0.25) is 5.91 Å². The van der Waals surface area contributed by atoms with E-state index in [4.69, 9.17) is 0 Å². The minimum atomic E-state index is 0.0686. The quantitative estimate of drug-likeness (QED) is 0.801. The predicted octanol–water partition coefficient (Wildman–Crippen LogP) is 1.27. The second kappa shape index (κ2) is 6.02. The van der Waals surface area contributed by atoms with Gasteiger partial charge in [-0.15, -0.1) is 0 Å². The molecule has 2 saturated heterocycles. The molecule has 2 aliphatic heterocycles. The Labute approximate surface area is 111 Å². The molecule has 4 heteroatoms. The van der Waals surface area contributed by atoms with E-state index < -0.39 is 0 Å². The Hall–Kier alpha value is -0.610. The summed E-state index contributed by atoms with van der Waals surface area (Å²) in [4.78, 5) is 16.8. The molecule has 0 saturated carbocycles. The lowest BCUT2D eigenvalue weighted by Gasteiger charge is -2.26. The summed E-state index contributed by atoms with van der Waals surface area (Å²) in [6.07, 6.45) is 4.54. The zero-order valence-electron chi connectivity index (χ0n) is 12.0. The third kappa shape index (κ3) is 2.86. The van der Waals surface area contributed by atoms with Gasteiger partial charge in [-0.1, -0.05) is 20.3 Å². The van der Waals surface area contributed by atoms with Crippen LogP contribution in [0.4, 0.5) is 0 Å². The Morgan fingerprint density at radius 1 is 1.39 bits per heavy atom. The summed E-state index contributed by atoms with van der Waals surface area (Å²) in [6.45, 7) is 7.56. The number of amides is 1. The first kappa shape index (κ1) is 13.8. The van der Waals surface area contributed by atoms with Crippen LogP contribution in [0, 0.1) is 5.92 Å². The van der Waals surface area contributed by atoms with Crippen LogP contribution in [0.2, 0.25) is 0 Å². The average molecular weight is 253 g/mol. The molecule has 3 atom stereocenters. The van der Waals surface area contributed by atoms with Gasteiger partial charge in [0, 0.05) is 13.1 Å². The Kier molecular flexibility index (Phi) is 4.62. The molecule has 2 rings (SSSR count). The number of nitrogens with one attached hydrogen (secondary N) is 1. The van der Waals surface area contributed by atoms with Gasteiger partial charge in [-0.3, -0.25) is 10.1 Å². The summed E-state index contributed by atoms with van der Waals surface area (Å²) in [5.41, 5.74) is 0. The summed E-state index contributed by atoms with van der Waals surface area (Å²) in [5, 5.41) is 3.49. The van der Waals surface area contributed by atoms with Crippen LogP contribution >= 0.6 is 0 Å². The summed E-state index contributed by atoms with van der Waals surface area (Å²) < 4.78 is 0. The average Bonchev–Trinajstić information content (AvgIpc) is 2.88. The molecule has 2 fully saturated rings. The molecule has 4 nitrogen and oxygen atoms in total. The number of carbonyl (C=O) groups excluding carboxylic acids is 1. The van der Waals surface area contributed by atoms with Crippen molar-refractivity contribution in [2.24, 2.45) is 5.92 Å². The molecule has 1 amide bonds. The smallest absolute Gasteiger partial charge is 0.241 e. The van der Waals surface area contributed by atoms with Gasteiger partial charge in [-0.2, -0.15) is 0 Å². The van der Waals surface area contributed by atoms with Crippen LogP contribution in [0.25, 0.3) is 0 Å². The fourth-order valence-corrected chi connectivity index (χ4v) is 3.25. The number of likely N-dealkylation sites (tertiary alicyclic amines) is 1. The van der Waals surface area contributed by atoms with E-state index in [1.54, 1.807) is 0 Å². The molecule has 0 bridgehead atoms. The van der Waals surface area contributed by atoms with Crippen molar-refractivity contribution in [3.05, 3.63) is 0 Å². The second-order valence-corrected chi connectivity index (χ2v) is 5.84. The highest BCUT2D eigenvalue weighted by Crippen LogP contribution is 2.22. The molecule has 18 heavy (non-hydrogen) atoms. The normalized spacial score (nSPS) is 33.6. The topological polar surface area (TPSA) is 35.6 Å². The van der Waals surface area contributed by atoms with Crippen molar-refractivity contribution in [3.8, 4) is 0 Å². The van der Waals surface area contributed by atoms with E-state index in [0.29, 0.717) is 11.8 Å². The molecule has 2 heterocycles. The molecule has 0 aromatic carbocycles. The molecule has 1 N–H and O–H groups in total. The number of hydrogen-bond donors (Lipinski definition) is 1. The van der Waals surface area contributed by atoms with Crippen LogP contribution in [0.1, 0.15) is 39.5 Å². The Morgan fingerprint density at radius 2 is 2.17 bits per heavy atom. The fourth-order valence-electron chi connectivity index (χ4n) is 3.25. The van der Waals surface area contributed by atoms with E-state index >= 15 is 0 Å². The minimum Gasteiger partial charge on any atom is -0.325 e. The molecular formula is C14H27N3O. The van der Waals surface area contributed by atoms with Gasteiger partial charge in [0.1, 0.15) is 0 Å². The van der Waals surface area contributed by atoms with Gasteiger partial charge >= 0.3 is 0 Å². The van der Waals surface area contributed by atoms with Gasteiger partial charge in [0.15, 0.2) is 0 Å². The first-order chi connectivity index (χ1) is 8.65. The molecule has 0 aromatic heterocycles. The maximum absolute atomic E-state index is 12.4. The highest BCUT2D eigenvalue weighted by Gasteiger charge is 2.38. The maximum atomic E-state index is 12.4. The van der Waals surface area contributed by atoms with Crippen LogP contribution in [0.3, 0.4) is 0 Å². The minimum absolute atomic E-state index is 0.0686. The van der Waals surface area contributed by atoms with Crippen LogP contribution in [-0.2, 0) is 4.79 Å². The van der Waals surface area contributed by atoms with Crippen LogP contribution in [0.5, 0.6) is 0 Å². The number of carbonyl (C=O) groups is 1. The van der Waals surface area contributed by atoms with E-state index in [0.717, 1.165) is 32.4 Å². The number of hydrogen-bond acceptors (Lipinski definition) is 3. The summed E-state index contributed by atoms with van der Waals surface area (Å²) in [6, 6.07) is 0.0686. The first-order valence-corrected chi connectivity index (χ1v) is 7.40. The first-order valence-electron chi connectivity index (χ1n) is 7.40. The molecule has 3 unspecified atom stereocenters. The van der Waals surface area contributed by atoms with Crippen molar-refractivity contribution in [1.82, 2.24) is 15.1 Å². The van der Waals surface area contributed by atoms with Crippen LogP contribution in [0.15, 0.2) is 0 Å². The summed E-state index contributed by atoms with van der Waals surface area (Å²) in [7, 11) is 2.17. The number of nitrogens with zero attached hydrogens (tertiary/aromatic N) is 2. The van der Waals surface area contributed by atoms with Gasteiger partial charge in [0.25, 0.3) is 0 Å². The fraction of sp³-hybridized carbons (Fsp3) is 0.929. The third-order valence-corrected chi connectivity index (χ3v) is 4.26. The Morgan fingerprint density at radius 3 is 2.72 bits per heavy atom. The highest BCUT2D eigenvalue weighted by molar-refractivity contribution is 5.84. The van der Waals surface area contributed by atoms with E-state index in [1.807, 2.05) is 0 Å². The molecule has 0 spiro atoms. The molecule has 104 valence electrons. The molecule has 0 aliphatic carbocycles. The van der Waals surface area contributed by atoms with Crippen molar-refractivity contribution in [2.45, 2.75) is 51.7 Å². The standard InChI is InChI=1S/C14H27N3O/c1-4-6-12-14(18)17(13(5-2)15-12)10-11-7-8-16(3)9-11/h11-13,15H,4-10H2,1-3H3. The zero-order chi connectivity index (χ0) is 13.1. The maximum Gasteiger partial charge on any atom is 0.241 e. The molecule has 0 aromatic rings. The van der Waals surface area contributed by atoms with Crippen molar-refractivity contribution >= 4 is 5.91 Å². The van der Waals surface area contributed by atoms with Gasteiger partial charge in [-0.05, 0) is 38.8 Å². The highest BCUT2D eigenvalue weighted by atomic mass is 16.2. The van der Waals surface area contributed by atoms with Gasteiger partial charge in [-0.25, -0.2) is 0 Å². The van der Waals surface area contributed by atoms with Crippen molar-refractivity contribution < 1.29 is 4.79 Å². The van der Waals surface area contributed by atoms with Crippen molar-refractivity contribution in [1.29, 1.82) is 0 Å². The molecule has 0 radical (unpaired) electrons. The molecule has 2 aliphatic rings. The molecular weight excluding hydrogens is 226 g/mol. The Balaban J connectivity index is 1.94. The third-order valence-electron chi connectivity index (χ3n) is 4.26. The van der Waals surface area contributed by atoms with E-state index in [-0.39, 0.29) is 12.2 Å². The summed E-state index contributed by atoms with van der Waals surface area (Å²) in [5.74, 6) is 0.994. The van der Waals surface area contributed by atoms with Crippen LogP contribution in [-0.4, -0.2) is 54.6 Å². The lowest BCUT2D eigenvalue weighted by molar-refractivity contribution is -0.130.